The zero-order valence-corrected chi connectivity index (χ0v) is 12.0. The maximum Gasteiger partial charge on any atom is 0.410 e. The molecule has 1 saturated heterocycles. The van der Waals surface area contributed by atoms with Crippen molar-refractivity contribution in [2.75, 3.05) is 19.6 Å². The monoisotopic (exact) mass is 257 g/mol. The molecule has 0 bridgehead atoms. The summed E-state index contributed by atoms with van der Waals surface area (Å²) >= 11 is 0. The first-order valence-electron chi connectivity index (χ1n) is 6.76. The van der Waals surface area contributed by atoms with Gasteiger partial charge in [-0.3, -0.25) is 0 Å². The van der Waals surface area contributed by atoms with Crippen molar-refractivity contribution in [3.05, 3.63) is 0 Å². The van der Waals surface area contributed by atoms with Crippen LogP contribution in [0.3, 0.4) is 0 Å². The summed E-state index contributed by atoms with van der Waals surface area (Å²) in [6.45, 7) is 9.92. The predicted molar refractivity (Wildman–Crippen MR) is 72.5 cm³/mol. The average Bonchev–Trinajstić information content (AvgIpc) is 2.71. The van der Waals surface area contributed by atoms with Gasteiger partial charge in [0.2, 0.25) is 0 Å². The summed E-state index contributed by atoms with van der Waals surface area (Å²) in [5.74, 6) is 0. The number of carbonyl (C=O) groups is 1. The molecule has 5 heteroatoms. The second-order valence-corrected chi connectivity index (χ2v) is 6.01. The van der Waals surface area contributed by atoms with Gasteiger partial charge in [0.25, 0.3) is 0 Å². The van der Waals surface area contributed by atoms with Crippen LogP contribution < -0.4 is 11.1 Å². The van der Waals surface area contributed by atoms with Crippen molar-refractivity contribution >= 4 is 6.09 Å². The van der Waals surface area contributed by atoms with Gasteiger partial charge in [0.1, 0.15) is 5.60 Å². The third-order valence-electron chi connectivity index (χ3n) is 3.06. The molecule has 1 amide bonds. The standard InChI is InChI=1S/C13H27N3O2/c1-10(8-14)15-9-11-6-5-7-16(11)12(17)18-13(2,3)4/h10-11,15H,5-9,14H2,1-4H3. The number of likely N-dealkylation sites (tertiary alicyclic amines) is 1. The molecule has 3 N–H and O–H groups in total. The highest BCUT2D eigenvalue weighted by atomic mass is 16.6. The van der Waals surface area contributed by atoms with Crippen molar-refractivity contribution < 1.29 is 9.53 Å². The van der Waals surface area contributed by atoms with E-state index in [2.05, 4.69) is 5.32 Å². The number of amides is 1. The van der Waals surface area contributed by atoms with E-state index in [4.69, 9.17) is 10.5 Å². The third kappa shape index (κ3) is 4.82. The van der Waals surface area contributed by atoms with Crippen LogP contribution in [-0.4, -0.2) is 48.3 Å². The van der Waals surface area contributed by atoms with E-state index in [9.17, 15) is 4.79 Å². The zero-order chi connectivity index (χ0) is 13.8. The van der Waals surface area contributed by atoms with Crippen molar-refractivity contribution in [2.45, 2.75) is 58.2 Å². The van der Waals surface area contributed by atoms with Crippen LogP contribution in [0.25, 0.3) is 0 Å². The van der Waals surface area contributed by atoms with Gasteiger partial charge in [-0.15, -0.1) is 0 Å². The molecule has 1 aliphatic heterocycles. The largest absolute Gasteiger partial charge is 0.444 e. The van der Waals surface area contributed by atoms with Crippen LogP contribution in [0.1, 0.15) is 40.5 Å². The fourth-order valence-electron chi connectivity index (χ4n) is 2.03. The van der Waals surface area contributed by atoms with E-state index >= 15 is 0 Å². The van der Waals surface area contributed by atoms with E-state index < -0.39 is 5.60 Å². The van der Waals surface area contributed by atoms with E-state index in [0.29, 0.717) is 6.54 Å². The van der Waals surface area contributed by atoms with Gasteiger partial charge in [0.05, 0.1) is 0 Å². The van der Waals surface area contributed by atoms with Gasteiger partial charge in [0.15, 0.2) is 0 Å². The summed E-state index contributed by atoms with van der Waals surface area (Å²) in [5.41, 5.74) is 5.14. The molecule has 106 valence electrons. The lowest BCUT2D eigenvalue weighted by atomic mass is 10.2. The Morgan fingerprint density at radius 3 is 2.78 bits per heavy atom. The number of ether oxygens (including phenoxy) is 1. The fraction of sp³-hybridized carbons (Fsp3) is 0.923. The summed E-state index contributed by atoms with van der Waals surface area (Å²) in [7, 11) is 0. The molecule has 0 aromatic carbocycles. The minimum absolute atomic E-state index is 0.202. The van der Waals surface area contributed by atoms with Gasteiger partial charge in [-0.1, -0.05) is 0 Å². The van der Waals surface area contributed by atoms with E-state index in [0.717, 1.165) is 25.9 Å². The molecule has 2 atom stereocenters. The van der Waals surface area contributed by atoms with E-state index in [-0.39, 0.29) is 18.2 Å². The molecule has 0 saturated carbocycles. The molecular formula is C13H27N3O2. The number of hydrogen-bond acceptors (Lipinski definition) is 4. The number of carbonyl (C=O) groups excluding carboxylic acids is 1. The molecule has 1 heterocycles. The number of nitrogens with zero attached hydrogens (tertiary/aromatic N) is 1. The van der Waals surface area contributed by atoms with Gasteiger partial charge in [-0.05, 0) is 40.5 Å². The molecule has 1 rings (SSSR count). The smallest absolute Gasteiger partial charge is 0.410 e. The van der Waals surface area contributed by atoms with Gasteiger partial charge in [0, 0.05) is 31.7 Å². The summed E-state index contributed by atoms with van der Waals surface area (Å²) in [6, 6.07) is 0.514. The second kappa shape index (κ2) is 6.38. The first-order valence-corrected chi connectivity index (χ1v) is 6.76. The summed E-state index contributed by atoms with van der Waals surface area (Å²) in [5, 5.41) is 3.35. The summed E-state index contributed by atoms with van der Waals surface area (Å²) in [6.07, 6.45) is 1.87. The van der Waals surface area contributed by atoms with Crippen molar-refractivity contribution in [3.63, 3.8) is 0 Å². The average molecular weight is 257 g/mol. The van der Waals surface area contributed by atoms with Gasteiger partial charge < -0.3 is 20.7 Å². The third-order valence-corrected chi connectivity index (χ3v) is 3.06. The highest BCUT2D eigenvalue weighted by molar-refractivity contribution is 5.69. The second-order valence-electron chi connectivity index (χ2n) is 6.01. The Morgan fingerprint density at radius 1 is 1.56 bits per heavy atom. The Kier molecular flexibility index (Phi) is 5.41. The Morgan fingerprint density at radius 2 is 2.22 bits per heavy atom. The fourth-order valence-corrected chi connectivity index (χ4v) is 2.03. The van der Waals surface area contributed by atoms with Gasteiger partial charge >= 0.3 is 6.09 Å². The molecule has 1 aliphatic rings. The van der Waals surface area contributed by atoms with E-state index in [1.807, 2.05) is 32.6 Å². The molecule has 0 aliphatic carbocycles. The quantitative estimate of drug-likeness (QED) is 0.797. The molecule has 1 fully saturated rings. The first-order chi connectivity index (χ1) is 8.33. The topological polar surface area (TPSA) is 67.6 Å². The van der Waals surface area contributed by atoms with Crippen LogP contribution in [0, 0.1) is 0 Å². The lowest BCUT2D eigenvalue weighted by molar-refractivity contribution is 0.0225. The minimum atomic E-state index is -0.428. The molecule has 0 radical (unpaired) electrons. The summed E-state index contributed by atoms with van der Waals surface area (Å²) < 4.78 is 5.42. The lowest BCUT2D eigenvalue weighted by Crippen LogP contribution is -2.46. The molecule has 18 heavy (non-hydrogen) atoms. The zero-order valence-electron chi connectivity index (χ0n) is 12.0. The van der Waals surface area contributed by atoms with Gasteiger partial charge in [-0.25, -0.2) is 4.79 Å². The lowest BCUT2D eigenvalue weighted by Gasteiger charge is -2.29. The normalized spacial score (nSPS) is 22.1. The van der Waals surface area contributed by atoms with Gasteiger partial charge in [-0.2, -0.15) is 0 Å². The van der Waals surface area contributed by atoms with Crippen LogP contribution >= 0.6 is 0 Å². The Hall–Kier alpha value is -0.810. The van der Waals surface area contributed by atoms with Crippen LogP contribution in [-0.2, 0) is 4.74 Å². The molecular weight excluding hydrogens is 230 g/mol. The highest BCUT2D eigenvalue weighted by Gasteiger charge is 2.31. The number of hydrogen-bond donors (Lipinski definition) is 2. The Balaban J connectivity index is 2.46. The SMILES string of the molecule is CC(CN)NCC1CCCN1C(=O)OC(C)(C)C. The highest BCUT2D eigenvalue weighted by Crippen LogP contribution is 2.20. The number of nitrogens with one attached hydrogen (secondary N) is 1. The summed E-state index contributed by atoms with van der Waals surface area (Å²) in [4.78, 5) is 13.9. The maximum absolute atomic E-state index is 12.0. The molecule has 0 aromatic heterocycles. The predicted octanol–water partition coefficient (Wildman–Crippen LogP) is 1.32. The van der Waals surface area contributed by atoms with Crippen molar-refractivity contribution in [2.24, 2.45) is 5.73 Å². The van der Waals surface area contributed by atoms with Crippen molar-refractivity contribution in [3.8, 4) is 0 Å². The number of nitrogens with two attached hydrogens (primary N) is 1. The van der Waals surface area contributed by atoms with Crippen LogP contribution in [0.15, 0.2) is 0 Å². The molecule has 5 nitrogen and oxygen atoms in total. The minimum Gasteiger partial charge on any atom is -0.444 e. The van der Waals surface area contributed by atoms with E-state index in [1.54, 1.807) is 0 Å². The molecule has 2 unspecified atom stereocenters. The Bertz CT molecular complexity index is 276. The van der Waals surface area contributed by atoms with Crippen molar-refractivity contribution in [1.29, 1.82) is 0 Å². The maximum atomic E-state index is 12.0. The van der Waals surface area contributed by atoms with E-state index in [1.165, 1.54) is 0 Å². The van der Waals surface area contributed by atoms with Crippen LogP contribution in [0.2, 0.25) is 0 Å². The van der Waals surface area contributed by atoms with Crippen LogP contribution in [0.5, 0.6) is 0 Å². The Labute approximate surface area is 110 Å². The first kappa shape index (κ1) is 15.2. The van der Waals surface area contributed by atoms with Crippen LogP contribution in [0.4, 0.5) is 4.79 Å². The molecule has 0 spiro atoms. The molecule has 0 aromatic rings. The number of rotatable bonds is 4. The van der Waals surface area contributed by atoms with Crippen molar-refractivity contribution in [1.82, 2.24) is 10.2 Å².